The average Bonchev–Trinajstić information content (AvgIpc) is 2.50. The zero-order valence-electron chi connectivity index (χ0n) is 7.85. The quantitative estimate of drug-likeness (QED) is 0.834. The molecule has 0 aliphatic carbocycles. The van der Waals surface area contributed by atoms with Gasteiger partial charge in [0, 0.05) is 6.04 Å². The number of hydrogen-bond donors (Lipinski definition) is 1. The van der Waals surface area contributed by atoms with Crippen molar-refractivity contribution in [1.82, 2.24) is 9.97 Å². The summed E-state index contributed by atoms with van der Waals surface area (Å²) in [6, 6.07) is -0.0950. The molecule has 1 aliphatic heterocycles. The molecule has 82 valence electrons. The summed E-state index contributed by atoms with van der Waals surface area (Å²) in [5, 5.41) is 3.41. The molecule has 1 atom stereocenters. The Bertz CT molecular complexity index is 463. The highest BCUT2D eigenvalue weighted by Gasteiger charge is 2.28. The molecule has 2 heterocycles. The van der Waals surface area contributed by atoms with Crippen LogP contribution in [0.2, 0.25) is 5.02 Å². The third kappa shape index (κ3) is 2.57. The summed E-state index contributed by atoms with van der Waals surface area (Å²) >= 11 is 5.84. The van der Waals surface area contributed by atoms with E-state index < -0.39 is 9.84 Å². The van der Waals surface area contributed by atoms with E-state index >= 15 is 0 Å². The fraction of sp³-hybridized carbons (Fsp3) is 0.500. The number of hydrogen-bond acceptors (Lipinski definition) is 5. The van der Waals surface area contributed by atoms with Crippen LogP contribution in [-0.2, 0) is 9.84 Å². The minimum Gasteiger partial charge on any atom is -0.365 e. The normalized spacial score (nSPS) is 23.9. The van der Waals surface area contributed by atoms with E-state index in [-0.39, 0.29) is 17.5 Å². The first-order valence-electron chi connectivity index (χ1n) is 4.49. The maximum atomic E-state index is 11.2. The van der Waals surface area contributed by atoms with E-state index in [1.165, 1.54) is 12.5 Å². The summed E-state index contributed by atoms with van der Waals surface area (Å²) < 4.78 is 22.4. The maximum Gasteiger partial charge on any atom is 0.152 e. The molecule has 1 N–H and O–H groups in total. The van der Waals surface area contributed by atoms with Gasteiger partial charge in [0.15, 0.2) is 9.84 Å². The van der Waals surface area contributed by atoms with Crippen LogP contribution >= 0.6 is 11.6 Å². The Morgan fingerprint density at radius 2 is 2.33 bits per heavy atom. The van der Waals surface area contributed by atoms with E-state index in [0.29, 0.717) is 17.3 Å². The van der Waals surface area contributed by atoms with Gasteiger partial charge < -0.3 is 5.32 Å². The van der Waals surface area contributed by atoms with Crippen molar-refractivity contribution in [2.45, 2.75) is 12.5 Å². The topological polar surface area (TPSA) is 72.0 Å². The number of halogens is 1. The molecule has 1 aliphatic rings. The van der Waals surface area contributed by atoms with Gasteiger partial charge in [0.2, 0.25) is 0 Å². The second-order valence-electron chi connectivity index (χ2n) is 3.46. The minimum atomic E-state index is -2.88. The Morgan fingerprint density at radius 3 is 2.93 bits per heavy atom. The van der Waals surface area contributed by atoms with E-state index in [1.807, 2.05) is 0 Å². The van der Waals surface area contributed by atoms with E-state index in [0.717, 1.165) is 0 Å². The molecule has 1 saturated heterocycles. The Balaban J connectivity index is 2.08. The van der Waals surface area contributed by atoms with Crippen molar-refractivity contribution in [2.24, 2.45) is 0 Å². The lowest BCUT2D eigenvalue weighted by molar-refractivity contribution is 0.602. The summed E-state index contributed by atoms with van der Waals surface area (Å²) in [6.07, 6.45) is 3.45. The Kier molecular flexibility index (Phi) is 2.79. The van der Waals surface area contributed by atoms with Crippen molar-refractivity contribution in [3.63, 3.8) is 0 Å². The van der Waals surface area contributed by atoms with Gasteiger partial charge in [-0.1, -0.05) is 11.6 Å². The lowest BCUT2D eigenvalue weighted by atomic mass is 10.2. The van der Waals surface area contributed by atoms with Crippen molar-refractivity contribution in [2.75, 3.05) is 16.8 Å². The van der Waals surface area contributed by atoms with Crippen LogP contribution in [0.5, 0.6) is 0 Å². The standard InChI is InChI=1S/C8H10ClN3O2S/c9-7-3-10-5-11-8(7)12-6-1-2-15(13,14)4-6/h3,5-6H,1-2,4H2,(H,10,11,12). The zero-order valence-corrected chi connectivity index (χ0v) is 9.42. The molecule has 0 bridgehead atoms. The van der Waals surface area contributed by atoms with Crippen molar-refractivity contribution in [3.8, 4) is 0 Å². The third-order valence-electron chi connectivity index (χ3n) is 2.24. The van der Waals surface area contributed by atoms with Crippen LogP contribution in [0.3, 0.4) is 0 Å². The maximum absolute atomic E-state index is 11.2. The first-order chi connectivity index (χ1) is 7.07. The van der Waals surface area contributed by atoms with Crippen LogP contribution in [-0.4, -0.2) is 35.9 Å². The average molecular weight is 248 g/mol. The van der Waals surface area contributed by atoms with Crippen molar-refractivity contribution >= 4 is 27.3 Å². The molecule has 1 aromatic heterocycles. The number of nitrogens with one attached hydrogen (secondary N) is 1. The van der Waals surface area contributed by atoms with Gasteiger partial charge in [0.05, 0.1) is 17.7 Å². The van der Waals surface area contributed by atoms with E-state index in [4.69, 9.17) is 11.6 Å². The van der Waals surface area contributed by atoms with Gasteiger partial charge in [-0.15, -0.1) is 0 Å². The predicted molar refractivity (Wildman–Crippen MR) is 57.7 cm³/mol. The number of anilines is 1. The molecule has 0 saturated carbocycles. The highest BCUT2D eigenvalue weighted by atomic mass is 35.5. The highest BCUT2D eigenvalue weighted by Crippen LogP contribution is 2.21. The van der Waals surface area contributed by atoms with E-state index in [2.05, 4.69) is 15.3 Å². The fourth-order valence-electron chi connectivity index (χ4n) is 1.52. The summed E-state index contributed by atoms with van der Waals surface area (Å²) in [5.74, 6) is 0.870. The SMILES string of the molecule is O=S1(=O)CCC(Nc2ncncc2Cl)C1. The van der Waals surface area contributed by atoms with Crippen LogP contribution in [0.25, 0.3) is 0 Å². The molecule has 1 unspecified atom stereocenters. The van der Waals surface area contributed by atoms with Gasteiger partial charge in [-0.3, -0.25) is 0 Å². The molecular weight excluding hydrogens is 238 g/mol. The third-order valence-corrected chi connectivity index (χ3v) is 4.29. The van der Waals surface area contributed by atoms with Crippen LogP contribution < -0.4 is 5.32 Å². The fourth-order valence-corrected chi connectivity index (χ4v) is 3.35. The predicted octanol–water partition coefficient (Wildman–Crippen LogP) is 0.729. The molecule has 15 heavy (non-hydrogen) atoms. The lowest BCUT2D eigenvalue weighted by Crippen LogP contribution is -2.21. The van der Waals surface area contributed by atoms with E-state index in [1.54, 1.807) is 0 Å². The van der Waals surface area contributed by atoms with Crippen molar-refractivity contribution in [3.05, 3.63) is 17.5 Å². The molecule has 5 nitrogen and oxygen atoms in total. The Hall–Kier alpha value is -0.880. The summed E-state index contributed by atoms with van der Waals surface area (Å²) in [6.45, 7) is 0. The smallest absolute Gasteiger partial charge is 0.152 e. The second kappa shape index (κ2) is 3.94. The van der Waals surface area contributed by atoms with Gasteiger partial charge in [-0.25, -0.2) is 18.4 Å². The molecule has 1 fully saturated rings. The first-order valence-corrected chi connectivity index (χ1v) is 6.69. The van der Waals surface area contributed by atoms with Gasteiger partial charge in [-0.05, 0) is 6.42 Å². The number of aromatic nitrogens is 2. The van der Waals surface area contributed by atoms with Gasteiger partial charge in [-0.2, -0.15) is 0 Å². The summed E-state index contributed by atoms with van der Waals surface area (Å²) in [5.41, 5.74) is 0. The zero-order chi connectivity index (χ0) is 10.9. The van der Waals surface area contributed by atoms with Crippen molar-refractivity contribution < 1.29 is 8.42 Å². The monoisotopic (exact) mass is 247 g/mol. The van der Waals surface area contributed by atoms with Gasteiger partial charge in [0.1, 0.15) is 17.2 Å². The summed E-state index contributed by atoms with van der Waals surface area (Å²) in [7, 11) is -2.88. The molecule has 1 aromatic rings. The molecule has 0 aromatic carbocycles. The van der Waals surface area contributed by atoms with E-state index in [9.17, 15) is 8.42 Å². The molecule has 0 radical (unpaired) electrons. The number of sulfone groups is 1. The van der Waals surface area contributed by atoms with Crippen LogP contribution in [0.4, 0.5) is 5.82 Å². The number of rotatable bonds is 2. The lowest BCUT2D eigenvalue weighted by Gasteiger charge is -2.11. The van der Waals surface area contributed by atoms with Crippen molar-refractivity contribution in [1.29, 1.82) is 0 Å². The molecular formula is C8H10ClN3O2S. The first kappa shape index (κ1) is 10.6. The Morgan fingerprint density at radius 1 is 1.53 bits per heavy atom. The largest absolute Gasteiger partial charge is 0.365 e. The van der Waals surface area contributed by atoms with Crippen LogP contribution in [0, 0.1) is 0 Å². The van der Waals surface area contributed by atoms with Crippen LogP contribution in [0.15, 0.2) is 12.5 Å². The molecule has 0 spiro atoms. The van der Waals surface area contributed by atoms with Crippen LogP contribution in [0.1, 0.15) is 6.42 Å². The second-order valence-corrected chi connectivity index (χ2v) is 6.10. The molecule has 0 amide bonds. The highest BCUT2D eigenvalue weighted by molar-refractivity contribution is 7.91. The van der Waals surface area contributed by atoms with Gasteiger partial charge in [0.25, 0.3) is 0 Å². The summed E-state index contributed by atoms with van der Waals surface area (Å²) in [4.78, 5) is 7.69. The van der Waals surface area contributed by atoms with Gasteiger partial charge >= 0.3 is 0 Å². The Labute approximate surface area is 92.8 Å². The molecule has 7 heteroatoms. The minimum absolute atomic E-state index is 0.0950. The molecule has 2 rings (SSSR count). The number of nitrogens with zero attached hydrogens (tertiary/aromatic N) is 2.